The van der Waals surface area contributed by atoms with Crippen molar-refractivity contribution in [2.75, 3.05) is 12.4 Å². The van der Waals surface area contributed by atoms with Gasteiger partial charge in [0.1, 0.15) is 0 Å². The van der Waals surface area contributed by atoms with Crippen molar-refractivity contribution in [3.63, 3.8) is 0 Å². The molecule has 2 fully saturated rings. The van der Waals surface area contributed by atoms with E-state index >= 15 is 0 Å². The zero-order chi connectivity index (χ0) is 8.60. The normalized spacial score (nSPS) is 39.6. The molecule has 0 saturated carbocycles. The molecule has 2 aliphatic heterocycles. The first kappa shape index (κ1) is 8.38. The van der Waals surface area contributed by atoms with Crippen LogP contribution in [0.15, 0.2) is 0 Å². The molecule has 0 aromatic heterocycles. The Bertz CT molecular complexity index is 194. The summed E-state index contributed by atoms with van der Waals surface area (Å²) in [4.78, 5) is 10.8. The van der Waals surface area contributed by atoms with Crippen molar-refractivity contribution in [2.45, 2.75) is 30.8 Å². The monoisotopic (exact) mass is 188 g/mol. The average molecular weight is 188 g/mol. The minimum absolute atomic E-state index is 0.232. The van der Waals surface area contributed by atoms with E-state index < -0.39 is 5.79 Å². The minimum atomic E-state index is -0.559. The summed E-state index contributed by atoms with van der Waals surface area (Å²) in [5, 5.41) is 0.376. The average Bonchev–Trinajstić information content (AvgIpc) is 2.42. The second-order valence-corrected chi connectivity index (χ2v) is 4.46. The lowest BCUT2D eigenvalue weighted by Crippen LogP contribution is -2.38. The summed E-state index contributed by atoms with van der Waals surface area (Å²) in [6.07, 6.45) is 1.86. The molecule has 2 unspecified atom stereocenters. The fourth-order valence-electron chi connectivity index (χ4n) is 1.83. The first-order valence-corrected chi connectivity index (χ1v) is 5.23. The van der Waals surface area contributed by atoms with Crippen LogP contribution in [0.1, 0.15) is 19.8 Å². The highest BCUT2D eigenvalue weighted by Crippen LogP contribution is 2.45. The van der Waals surface area contributed by atoms with E-state index in [9.17, 15) is 4.79 Å². The molecule has 68 valence electrons. The van der Waals surface area contributed by atoms with Gasteiger partial charge in [-0.15, -0.1) is 0 Å². The maximum atomic E-state index is 10.8. The minimum Gasteiger partial charge on any atom is -0.432 e. The molecule has 0 aliphatic carbocycles. The van der Waals surface area contributed by atoms with Gasteiger partial charge in [0.2, 0.25) is 5.79 Å². The number of rotatable bonds is 1. The standard InChI is InChI=1S/C8H12O3S/c1-6(9)11-8-3-5-12-7(8)2-4-10-8/h7H,2-5H2,1H3. The van der Waals surface area contributed by atoms with Crippen molar-refractivity contribution >= 4 is 17.7 Å². The molecule has 4 heteroatoms. The van der Waals surface area contributed by atoms with E-state index in [-0.39, 0.29) is 5.97 Å². The lowest BCUT2D eigenvalue weighted by molar-refractivity contribution is -0.207. The number of ether oxygens (including phenoxy) is 2. The van der Waals surface area contributed by atoms with E-state index in [0.717, 1.165) is 25.2 Å². The van der Waals surface area contributed by atoms with Crippen LogP contribution in [0, 0.1) is 0 Å². The Balaban J connectivity index is 2.11. The second kappa shape index (κ2) is 2.92. The number of thioether (sulfide) groups is 1. The lowest BCUT2D eigenvalue weighted by Gasteiger charge is -2.26. The smallest absolute Gasteiger partial charge is 0.305 e. The van der Waals surface area contributed by atoms with Gasteiger partial charge in [0.15, 0.2) is 0 Å². The summed E-state index contributed by atoms with van der Waals surface area (Å²) in [7, 11) is 0. The van der Waals surface area contributed by atoms with E-state index in [0.29, 0.717) is 5.25 Å². The van der Waals surface area contributed by atoms with Crippen molar-refractivity contribution in [2.24, 2.45) is 0 Å². The maximum Gasteiger partial charge on any atom is 0.305 e. The molecule has 2 rings (SSSR count). The van der Waals surface area contributed by atoms with E-state index in [1.807, 2.05) is 11.8 Å². The molecule has 0 aromatic rings. The molecule has 2 saturated heterocycles. The predicted molar refractivity (Wildman–Crippen MR) is 45.9 cm³/mol. The van der Waals surface area contributed by atoms with Gasteiger partial charge >= 0.3 is 5.97 Å². The van der Waals surface area contributed by atoms with Gasteiger partial charge in [0.05, 0.1) is 11.9 Å². The highest BCUT2D eigenvalue weighted by atomic mass is 32.2. The summed E-state index contributed by atoms with van der Waals surface area (Å²) in [6.45, 7) is 2.17. The highest BCUT2D eigenvalue weighted by molar-refractivity contribution is 8.00. The molecule has 0 aromatic carbocycles. The summed E-state index contributed by atoms with van der Waals surface area (Å²) in [6, 6.07) is 0. The Kier molecular flexibility index (Phi) is 2.04. The third-order valence-electron chi connectivity index (χ3n) is 2.30. The van der Waals surface area contributed by atoms with Crippen LogP contribution in [0.3, 0.4) is 0 Å². The van der Waals surface area contributed by atoms with Gasteiger partial charge in [0, 0.05) is 19.1 Å². The Morgan fingerprint density at radius 1 is 1.75 bits per heavy atom. The first-order valence-electron chi connectivity index (χ1n) is 4.18. The molecule has 0 N–H and O–H groups in total. The van der Waals surface area contributed by atoms with Crippen molar-refractivity contribution in [3.8, 4) is 0 Å². The van der Waals surface area contributed by atoms with E-state index in [2.05, 4.69) is 0 Å². The zero-order valence-corrected chi connectivity index (χ0v) is 7.86. The van der Waals surface area contributed by atoms with E-state index in [1.54, 1.807) is 0 Å². The Hall–Kier alpha value is -0.220. The van der Waals surface area contributed by atoms with Crippen LogP contribution in [-0.4, -0.2) is 29.4 Å². The maximum absolute atomic E-state index is 10.8. The van der Waals surface area contributed by atoms with Gasteiger partial charge in [-0.25, -0.2) is 0 Å². The molecule has 3 nitrogen and oxygen atoms in total. The highest BCUT2D eigenvalue weighted by Gasteiger charge is 2.51. The number of carbonyl (C=O) groups is 1. The Morgan fingerprint density at radius 3 is 3.33 bits per heavy atom. The molecule has 2 aliphatic rings. The van der Waals surface area contributed by atoms with Gasteiger partial charge < -0.3 is 9.47 Å². The molecule has 2 heterocycles. The topological polar surface area (TPSA) is 35.5 Å². The van der Waals surface area contributed by atoms with Crippen molar-refractivity contribution in [3.05, 3.63) is 0 Å². The summed E-state index contributed by atoms with van der Waals surface area (Å²) >= 11 is 1.85. The third-order valence-corrected chi connectivity index (χ3v) is 3.74. The fraction of sp³-hybridized carbons (Fsp3) is 0.875. The van der Waals surface area contributed by atoms with Gasteiger partial charge in [-0.2, -0.15) is 11.8 Å². The van der Waals surface area contributed by atoms with Crippen molar-refractivity contribution < 1.29 is 14.3 Å². The molecule has 0 bridgehead atoms. The van der Waals surface area contributed by atoms with Crippen LogP contribution in [0.4, 0.5) is 0 Å². The lowest BCUT2D eigenvalue weighted by atomic mass is 10.1. The van der Waals surface area contributed by atoms with Crippen molar-refractivity contribution in [1.29, 1.82) is 0 Å². The quantitative estimate of drug-likeness (QED) is 0.579. The van der Waals surface area contributed by atoms with E-state index in [4.69, 9.17) is 9.47 Å². The van der Waals surface area contributed by atoms with Crippen LogP contribution < -0.4 is 0 Å². The molecule has 0 spiro atoms. The van der Waals surface area contributed by atoms with Crippen LogP contribution in [0.25, 0.3) is 0 Å². The SMILES string of the molecule is CC(=O)OC12CCSC1CCO2. The van der Waals surface area contributed by atoms with Gasteiger partial charge in [-0.05, 0) is 6.42 Å². The van der Waals surface area contributed by atoms with Crippen molar-refractivity contribution in [1.82, 2.24) is 0 Å². The van der Waals surface area contributed by atoms with Crippen LogP contribution >= 0.6 is 11.8 Å². The summed E-state index contributed by atoms with van der Waals surface area (Å²) in [5.41, 5.74) is 0. The zero-order valence-electron chi connectivity index (χ0n) is 7.04. The Morgan fingerprint density at radius 2 is 2.58 bits per heavy atom. The predicted octanol–water partition coefficient (Wildman–Crippen LogP) is 1.17. The number of hydrogen-bond donors (Lipinski definition) is 0. The summed E-state index contributed by atoms with van der Waals surface area (Å²) in [5.74, 6) is 0.249. The third kappa shape index (κ3) is 1.23. The second-order valence-electron chi connectivity index (χ2n) is 3.15. The number of carbonyl (C=O) groups excluding carboxylic acids is 1. The first-order chi connectivity index (χ1) is 5.73. The van der Waals surface area contributed by atoms with E-state index in [1.165, 1.54) is 6.92 Å². The molecule has 0 radical (unpaired) electrons. The van der Waals surface area contributed by atoms with Gasteiger partial charge in [-0.3, -0.25) is 4.79 Å². The number of esters is 1. The van der Waals surface area contributed by atoms with Crippen LogP contribution in [-0.2, 0) is 14.3 Å². The molecule has 0 amide bonds. The van der Waals surface area contributed by atoms with Crippen LogP contribution in [0.2, 0.25) is 0 Å². The molecular formula is C8H12O3S. The number of fused-ring (bicyclic) bond motifs is 1. The van der Waals surface area contributed by atoms with Crippen LogP contribution in [0.5, 0.6) is 0 Å². The molecule has 2 atom stereocenters. The Labute approximate surface area is 75.8 Å². The van der Waals surface area contributed by atoms with Gasteiger partial charge in [0.25, 0.3) is 0 Å². The molecule has 12 heavy (non-hydrogen) atoms. The summed E-state index contributed by atoms with van der Waals surface area (Å²) < 4.78 is 10.8. The number of hydrogen-bond acceptors (Lipinski definition) is 4. The largest absolute Gasteiger partial charge is 0.432 e. The van der Waals surface area contributed by atoms with Gasteiger partial charge in [-0.1, -0.05) is 0 Å². The molecular weight excluding hydrogens is 176 g/mol. The fourth-order valence-corrected chi connectivity index (χ4v) is 3.27.